The number of nitrogens with zero attached hydrogens (tertiary/aromatic N) is 1. The Kier molecular flexibility index (Phi) is 9.79. The molecule has 1 aromatic heterocycles. The summed E-state index contributed by atoms with van der Waals surface area (Å²) in [4.78, 5) is 4.50. The molecule has 0 radical (unpaired) electrons. The maximum Gasteiger partial charge on any atom is 0.158 e. The molecule has 0 spiro atoms. The maximum absolute atomic E-state index is 9.46. The molecular formula is C24H37NOS. The largest absolute Gasteiger partial charge is 0.505 e. The summed E-state index contributed by atoms with van der Waals surface area (Å²) in [5, 5.41) is 12.0. The highest BCUT2D eigenvalue weighted by molar-refractivity contribution is 7.10. The number of aliphatic hydroxyl groups excluding tert-OH is 1. The molecule has 2 nitrogen and oxygen atoms in total. The van der Waals surface area contributed by atoms with Gasteiger partial charge in [0, 0.05) is 11.3 Å². The highest BCUT2D eigenvalue weighted by Crippen LogP contribution is 2.44. The number of thiazole rings is 1. The predicted molar refractivity (Wildman–Crippen MR) is 122 cm³/mol. The van der Waals surface area contributed by atoms with E-state index in [1.807, 2.05) is 26.2 Å². The van der Waals surface area contributed by atoms with Gasteiger partial charge in [0.25, 0.3) is 0 Å². The Morgan fingerprint density at radius 3 is 2.04 bits per heavy atom. The van der Waals surface area contributed by atoms with Crippen molar-refractivity contribution in [2.75, 3.05) is 0 Å². The van der Waals surface area contributed by atoms with Crippen LogP contribution in [0.15, 0.2) is 41.3 Å². The number of aliphatic hydroxyl groups is 1. The molecule has 1 atom stereocenters. The Morgan fingerprint density at radius 2 is 1.67 bits per heavy atom. The van der Waals surface area contributed by atoms with Gasteiger partial charge in [-0.2, -0.15) is 0 Å². The van der Waals surface area contributed by atoms with Crippen molar-refractivity contribution in [3.63, 3.8) is 0 Å². The minimum atomic E-state index is 0.0331. The van der Waals surface area contributed by atoms with Crippen LogP contribution in [0.1, 0.15) is 84.3 Å². The molecule has 0 bridgehead atoms. The molecule has 0 aromatic carbocycles. The van der Waals surface area contributed by atoms with Gasteiger partial charge in [-0.05, 0) is 37.0 Å². The number of rotatable bonds is 4. The Bertz CT molecular complexity index is 694. The van der Waals surface area contributed by atoms with Crippen LogP contribution in [-0.4, -0.2) is 10.1 Å². The first kappa shape index (κ1) is 23.4. The van der Waals surface area contributed by atoms with Gasteiger partial charge in [0.2, 0.25) is 0 Å². The highest BCUT2D eigenvalue weighted by Gasteiger charge is 2.30. The van der Waals surface area contributed by atoms with Crippen molar-refractivity contribution in [1.29, 1.82) is 0 Å². The molecule has 1 saturated carbocycles. The summed E-state index contributed by atoms with van der Waals surface area (Å²) in [6, 6.07) is 0. The molecule has 2 aliphatic carbocycles. The maximum atomic E-state index is 9.46. The third-order valence-electron chi connectivity index (χ3n) is 4.95. The van der Waals surface area contributed by atoms with Gasteiger partial charge in [0.05, 0.1) is 5.69 Å². The first-order chi connectivity index (χ1) is 12.8. The molecule has 2 aliphatic rings. The zero-order valence-corrected chi connectivity index (χ0v) is 18.9. The van der Waals surface area contributed by atoms with Crippen LogP contribution in [-0.2, 0) is 0 Å². The monoisotopic (exact) mass is 387 g/mol. The van der Waals surface area contributed by atoms with E-state index in [-0.39, 0.29) is 5.76 Å². The van der Waals surface area contributed by atoms with Gasteiger partial charge in [0.15, 0.2) is 5.01 Å². The van der Waals surface area contributed by atoms with Gasteiger partial charge in [0.1, 0.15) is 5.76 Å². The molecular weight excluding hydrogens is 350 g/mol. The second-order valence-electron chi connectivity index (χ2n) is 7.45. The number of hydrogen-bond donors (Lipinski definition) is 1. The fourth-order valence-electron chi connectivity index (χ4n) is 3.73. The molecule has 1 fully saturated rings. The van der Waals surface area contributed by atoms with E-state index >= 15 is 0 Å². The van der Waals surface area contributed by atoms with E-state index in [9.17, 15) is 5.11 Å². The van der Waals surface area contributed by atoms with Crippen LogP contribution in [0.5, 0.6) is 0 Å². The second kappa shape index (κ2) is 11.3. The van der Waals surface area contributed by atoms with Crippen LogP contribution in [0.3, 0.4) is 0 Å². The summed E-state index contributed by atoms with van der Waals surface area (Å²) >= 11 is 1.43. The zero-order chi connectivity index (χ0) is 20.6. The van der Waals surface area contributed by atoms with E-state index in [1.54, 1.807) is 0 Å². The molecule has 1 heterocycles. The first-order valence-corrected chi connectivity index (χ1v) is 11.1. The van der Waals surface area contributed by atoms with Crippen LogP contribution in [0, 0.1) is 11.8 Å². The first-order valence-electron chi connectivity index (χ1n) is 10.2. The molecule has 1 aromatic rings. The van der Waals surface area contributed by atoms with Crippen molar-refractivity contribution >= 4 is 22.7 Å². The molecule has 3 heteroatoms. The molecule has 0 saturated heterocycles. The average molecular weight is 388 g/mol. The molecule has 0 aliphatic heterocycles. The van der Waals surface area contributed by atoms with Crippen LogP contribution in [0.4, 0.5) is 0 Å². The van der Waals surface area contributed by atoms with E-state index < -0.39 is 0 Å². The average Bonchev–Trinajstić information content (AvgIpc) is 3.37. The SMILES string of the molecule is C1CCCC1.C=C(C)C1=C(C)C(C(C)C)C(c2csc(C(=C)O)n2)=C1.CC. The third-order valence-corrected chi connectivity index (χ3v) is 5.84. The Hall–Kier alpha value is -1.61. The molecule has 3 rings (SSSR count). The lowest BCUT2D eigenvalue weighted by Crippen LogP contribution is -2.10. The van der Waals surface area contributed by atoms with Gasteiger partial charge in [-0.1, -0.05) is 84.1 Å². The molecule has 27 heavy (non-hydrogen) atoms. The van der Waals surface area contributed by atoms with Crippen molar-refractivity contribution in [3.05, 3.63) is 52.0 Å². The van der Waals surface area contributed by atoms with Gasteiger partial charge in [-0.25, -0.2) is 4.98 Å². The summed E-state index contributed by atoms with van der Waals surface area (Å²) in [7, 11) is 0. The summed E-state index contributed by atoms with van der Waals surface area (Å²) < 4.78 is 0. The third kappa shape index (κ3) is 6.21. The molecule has 1 unspecified atom stereocenters. The zero-order valence-electron chi connectivity index (χ0n) is 18.1. The van der Waals surface area contributed by atoms with Crippen molar-refractivity contribution in [3.8, 4) is 0 Å². The summed E-state index contributed by atoms with van der Waals surface area (Å²) in [5.74, 6) is 0.898. The van der Waals surface area contributed by atoms with Gasteiger partial charge >= 0.3 is 0 Å². The van der Waals surface area contributed by atoms with E-state index in [0.717, 1.165) is 11.3 Å². The topological polar surface area (TPSA) is 33.1 Å². The summed E-state index contributed by atoms with van der Waals surface area (Å²) in [6.45, 7) is 20.3. The van der Waals surface area contributed by atoms with Crippen molar-refractivity contribution in [2.24, 2.45) is 11.8 Å². The van der Waals surface area contributed by atoms with Crippen LogP contribution < -0.4 is 0 Å². The van der Waals surface area contributed by atoms with E-state index in [4.69, 9.17) is 0 Å². The summed E-state index contributed by atoms with van der Waals surface area (Å²) in [5.41, 5.74) is 5.84. The van der Waals surface area contributed by atoms with Gasteiger partial charge < -0.3 is 5.11 Å². The van der Waals surface area contributed by atoms with Crippen LogP contribution in [0.2, 0.25) is 0 Å². The van der Waals surface area contributed by atoms with Crippen LogP contribution >= 0.6 is 11.3 Å². The molecule has 1 N–H and O–H groups in total. The van der Waals surface area contributed by atoms with Gasteiger partial charge in [-0.3, -0.25) is 0 Å². The minimum absolute atomic E-state index is 0.0331. The van der Waals surface area contributed by atoms with E-state index in [1.165, 1.54) is 60.2 Å². The quantitative estimate of drug-likeness (QED) is 0.528. The highest BCUT2D eigenvalue weighted by atomic mass is 32.1. The Morgan fingerprint density at radius 1 is 1.15 bits per heavy atom. The second-order valence-corrected chi connectivity index (χ2v) is 8.31. The number of hydrogen-bond acceptors (Lipinski definition) is 3. The summed E-state index contributed by atoms with van der Waals surface area (Å²) in [6.07, 6.45) is 9.70. The van der Waals surface area contributed by atoms with E-state index in [0.29, 0.717) is 16.8 Å². The fraction of sp³-hybridized carbons (Fsp3) is 0.542. The Labute approximate surface area is 170 Å². The molecule has 150 valence electrons. The van der Waals surface area contributed by atoms with Crippen LogP contribution in [0.25, 0.3) is 11.3 Å². The minimum Gasteiger partial charge on any atom is -0.505 e. The van der Waals surface area contributed by atoms with E-state index in [2.05, 4.69) is 45.0 Å². The normalized spacial score (nSPS) is 18.5. The van der Waals surface area contributed by atoms with Crippen molar-refractivity contribution in [1.82, 2.24) is 4.98 Å². The van der Waals surface area contributed by atoms with Gasteiger partial charge in [-0.15, -0.1) is 11.3 Å². The fourth-order valence-corrected chi connectivity index (χ4v) is 4.43. The van der Waals surface area contributed by atoms with Crippen molar-refractivity contribution < 1.29 is 5.11 Å². The Balaban J connectivity index is 0.000000441. The standard InChI is InChI=1S/C17H21NOS.C5H10.C2H6/c1-9(2)13-7-14(16(10(3)4)11(13)5)15-8-20-17(18-15)12(6)19;1-2-4-5-3-1;1-2/h7-8,10,16,19H,1,6H2,2-5H3;1-5H2;1-2H3. The predicted octanol–water partition coefficient (Wildman–Crippen LogP) is 8.21. The lowest BCUT2D eigenvalue weighted by Gasteiger charge is -2.20. The lowest BCUT2D eigenvalue weighted by molar-refractivity contribution is 0.513. The number of aromatic nitrogens is 1. The smallest absolute Gasteiger partial charge is 0.158 e. The lowest BCUT2D eigenvalue weighted by atomic mass is 9.84. The van der Waals surface area contributed by atoms with Crippen molar-refractivity contribution in [2.45, 2.75) is 73.6 Å². The number of allylic oxidation sites excluding steroid dienone is 5. The molecule has 0 amide bonds.